The number of amides is 8. The molecule has 3 aliphatic rings. The van der Waals surface area contributed by atoms with Crippen LogP contribution in [0.2, 0.25) is 5.02 Å². The first-order valence-corrected chi connectivity index (χ1v) is 24.9. The average Bonchev–Trinajstić information content (AvgIpc) is 3.74. The van der Waals surface area contributed by atoms with Crippen molar-refractivity contribution in [2.75, 3.05) is 26.1 Å². The van der Waals surface area contributed by atoms with E-state index in [0.717, 1.165) is 44.0 Å². The van der Waals surface area contributed by atoms with Crippen LogP contribution in [0, 0.1) is 5.92 Å². The van der Waals surface area contributed by atoms with E-state index in [1.165, 1.54) is 44.3 Å². The van der Waals surface area contributed by atoms with E-state index in [0.29, 0.717) is 10.3 Å². The summed E-state index contributed by atoms with van der Waals surface area (Å²) in [6, 6.07) is 6.21. The van der Waals surface area contributed by atoms with Gasteiger partial charge in [-0.05, 0) is 62.1 Å². The maximum atomic E-state index is 15.1. The van der Waals surface area contributed by atoms with Crippen molar-refractivity contribution in [3.05, 3.63) is 101 Å². The summed E-state index contributed by atoms with van der Waals surface area (Å²) in [5.74, 6) is -13.5. The lowest BCUT2D eigenvalue weighted by Crippen LogP contribution is -2.67. The van der Waals surface area contributed by atoms with E-state index in [1.54, 1.807) is 44.2 Å². The SMILES string of the molecule is CCC(C)C1NC(=O)C(C)(NC(=O)C(C)NC(=O)c2c(Cl)ccn2O)OC(=O)C2COC(=O)CNC(=O)/C=C/C(O)(CCl)C(C)Oc3ccc(cc3)C(NC1=O)C(=O)N(C)C(Cc1ccccc1)C(=O)NC(C)(O)C(=O)N2. The van der Waals surface area contributed by atoms with Crippen molar-refractivity contribution >= 4 is 82.4 Å². The van der Waals surface area contributed by atoms with Crippen molar-refractivity contribution in [2.45, 2.75) is 108 Å². The predicted octanol–water partition coefficient (Wildman–Crippen LogP) is -0.380. The number of carbonyl (C=O) groups excluding carboxylic acids is 10. The smallest absolute Gasteiger partial charge is 0.334 e. The molecule has 2 aromatic carbocycles. The van der Waals surface area contributed by atoms with Gasteiger partial charge in [0.1, 0.15) is 54.8 Å². The molecule has 25 nitrogen and oxygen atoms in total. The first-order chi connectivity index (χ1) is 36.1. The number of ether oxygens (including phenoxy) is 3. The Bertz CT molecular complexity index is 2740. The lowest BCUT2D eigenvalue weighted by molar-refractivity contribution is -0.177. The molecule has 0 radical (unpaired) electrons. The van der Waals surface area contributed by atoms with Gasteiger partial charge in [-0.2, -0.15) is 4.73 Å². The van der Waals surface area contributed by atoms with Gasteiger partial charge in [-0.15, -0.1) is 11.6 Å². The number of aromatic nitrogens is 1. The van der Waals surface area contributed by atoms with Crippen molar-refractivity contribution in [1.29, 1.82) is 0 Å². The number of nitrogens with one attached hydrogen (secondary N) is 7. The van der Waals surface area contributed by atoms with E-state index in [1.807, 2.05) is 0 Å². The molecule has 1 aromatic heterocycles. The summed E-state index contributed by atoms with van der Waals surface area (Å²) in [5, 5.41) is 49.2. The summed E-state index contributed by atoms with van der Waals surface area (Å²) in [5.41, 5.74) is -7.86. The van der Waals surface area contributed by atoms with E-state index in [4.69, 9.17) is 37.4 Å². The maximum absolute atomic E-state index is 15.1. The molecule has 0 spiro atoms. The summed E-state index contributed by atoms with van der Waals surface area (Å²) in [6.07, 6.45) is 1.69. The number of esters is 2. The zero-order valence-corrected chi connectivity index (χ0v) is 44.4. The Kier molecular flexibility index (Phi) is 19.8. The number of aliphatic hydroxyl groups is 2. The third-order valence-electron chi connectivity index (χ3n) is 12.8. The van der Waals surface area contributed by atoms with Gasteiger partial charge in [-0.3, -0.25) is 43.2 Å². The summed E-state index contributed by atoms with van der Waals surface area (Å²) in [7, 11) is 1.23. The van der Waals surface area contributed by atoms with E-state index in [-0.39, 0.29) is 29.2 Å². The van der Waals surface area contributed by atoms with Crippen LogP contribution in [0.5, 0.6) is 5.75 Å². The number of likely N-dealkylation sites (N-methyl/N-ethyl adjacent to an activating group) is 1. The first kappa shape index (κ1) is 60.1. The summed E-state index contributed by atoms with van der Waals surface area (Å²) >= 11 is 12.2. The molecule has 6 rings (SSSR count). The van der Waals surface area contributed by atoms with Crippen molar-refractivity contribution < 1.29 is 77.6 Å². The minimum Gasteiger partial charge on any atom is -0.487 e. The molecule has 4 bridgehead atoms. The van der Waals surface area contributed by atoms with Crippen LogP contribution in [0.15, 0.2) is 79.0 Å². The molecule has 8 amide bonds. The van der Waals surface area contributed by atoms with Gasteiger partial charge in [0, 0.05) is 32.7 Å². The zero-order chi connectivity index (χ0) is 57.2. The van der Waals surface area contributed by atoms with Crippen LogP contribution in [-0.2, 0) is 59.0 Å². The van der Waals surface area contributed by atoms with Crippen LogP contribution in [0.1, 0.15) is 75.6 Å². The topological polar surface area (TPSA) is 351 Å². The number of fused-ring (bicyclic) bond motifs is 11. The highest BCUT2D eigenvalue weighted by Gasteiger charge is 2.47. The molecule has 10 atom stereocenters. The van der Waals surface area contributed by atoms with Crippen molar-refractivity contribution in [1.82, 2.24) is 46.8 Å². The number of carbonyl (C=O) groups is 10. The fraction of sp³-hybridized carbons (Fsp3) is 0.440. The Morgan fingerprint density at radius 3 is 2.18 bits per heavy atom. The number of benzene rings is 2. The number of nitrogens with zero attached hydrogens (tertiary/aromatic N) is 2. The molecule has 1 saturated heterocycles. The highest BCUT2D eigenvalue weighted by Crippen LogP contribution is 2.27. The average molecular weight is 1110 g/mol. The van der Waals surface area contributed by atoms with Gasteiger partial charge < -0.3 is 71.7 Å². The van der Waals surface area contributed by atoms with Crippen LogP contribution in [0.4, 0.5) is 0 Å². The Labute approximate surface area is 451 Å². The molecule has 10 N–H and O–H groups in total. The fourth-order valence-corrected chi connectivity index (χ4v) is 8.17. The van der Waals surface area contributed by atoms with Crippen LogP contribution >= 0.6 is 23.2 Å². The first-order valence-electron chi connectivity index (χ1n) is 24.0. The van der Waals surface area contributed by atoms with Gasteiger partial charge in [0.05, 0.1) is 10.9 Å². The molecule has 0 saturated carbocycles. The zero-order valence-electron chi connectivity index (χ0n) is 42.9. The molecule has 4 heterocycles. The molecule has 0 aliphatic carbocycles. The maximum Gasteiger partial charge on any atom is 0.334 e. The lowest BCUT2D eigenvalue weighted by Gasteiger charge is -2.36. The molecule has 3 aromatic rings. The van der Waals surface area contributed by atoms with Crippen molar-refractivity contribution in [3.8, 4) is 5.75 Å². The van der Waals surface area contributed by atoms with Crippen LogP contribution in [0.25, 0.3) is 0 Å². The van der Waals surface area contributed by atoms with Crippen LogP contribution < -0.4 is 42.0 Å². The van der Waals surface area contributed by atoms with Crippen molar-refractivity contribution in [2.24, 2.45) is 5.92 Å². The highest BCUT2D eigenvalue weighted by atomic mass is 35.5. The largest absolute Gasteiger partial charge is 0.487 e. The number of rotatable bonds is 9. The molecular formula is C50H61Cl2N9O16. The number of halogens is 2. The Morgan fingerprint density at radius 2 is 1.57 bits per heavy atom. The Morgan fingerprint density at radius 1 is 0.909 bits per heavy atom. The van der Waals surface area contributed by atoms with Crippen molar-refractivity contribution in [3.63, 3.8) is 0 Å². The molecule has 1 fully saturated rings. The predicted molar refractivity (Wildman–Crippen MR) is 271 cm³/mol. The van der Waals surface area contributed by atoms with Gasteiger partial charge >= 0.3 is 11.9 Å². The minimum atomic E-state index is -2.98. The second kappa shape index (κ2) is 25.4. The minimum absolute atomic E-state index is 0.0680. The van der Waals surface area contributed by atoms with Gasteiger partial charge in [-0.25, -0.2) is 4.79 Å². The normalized spacial score (nSPS) is 27.6. The Hall–Kier alpha value is -7.74. The van der Waals surface area contributed by atoms with Crippen LogP contribution in [0.3, 0.4) is 0 Å². The van der Waals surface area contributed by atoms with E-state index in [2.05, 4.69) is 37.2 Å². The summed E-state index contributed by atoms with van der Waals surface area (Å²) in [4.78, 5) is 142. The van der Waals surface area contributed by atoms with E-state index >= 15 is 4.79 Å². The molecule has 27 heteroatoms. The third kappa shape index (κ3) is 15.0. The third-order valence-corrected chi connectivity index (χ3v) is 13.5. The standard InChI is InChI=1S/C50H61Cl2N9O16/c1-8-26(2)37-42(66)56-38-30-14-16-31(17-15-30)76-28(4)50(73,25-51)20-18-35(62)53-23-36(63)75-24-33(55-46(70)48(5,72)58-41(65)34(60(7)44(38)68)22-29-12-10-9-11-13-29)45(69)77-49(6,47(71)57-37)59-40(64)27(3)54-43(67)39-32(52)19-21-61(39)74/h9-21,26-28,33-34,37-38,72-74H,8,22-25H2,1-7H3,(H,53,62)(H,54,67)(H,55,70)(H,56,66)(H,57,71)(H,58,65)(H,59,64)/b20-18+. The van der Waals surface area contributed by atoms with Gasteiger partial charge in [0.25, 0.3) is 23.4 Å². The van der Waals surface area contributed by atoms with Gasteiger partial charge in [-0.1, -0.05) is 74.3 Å². The van der Waals surface area contributed by atoms with E-state index < -0.39 is 143 Å². The fourth-order valence-electron chi connectivity index (χ4n) is 7.63. The molecule has 3 aliphatic heterocycles. The summed E-state index contributed by atoms with van der Waals surface area (Å²) < 4.78 is 17.3. The van der Waals surface area contributed by atoms with Gasteiger partial charge in [0.2, 0.25) is 35.3 Å². The number of hydrogen-bond acceptors (Lipinski definition) is 16. The molecular weight excluding hydrogens is 1050 g/mol. The quantitative estimate of drug-likeness (QED) is 0.0742. The van der Waals surface area contributed by atoms with Gasteiger partial charge in [0.15, 0.2) is 11.7 Å². The number of alkyl halides is 1. The molecule has 416 valence electrons. The molecule has 77 heavy (non-hydrogen) atoms. The number of hydrogen-bond donors (Lipinski definition) is 10. The Balaban J connectivity index is 1.72. The highest BCUT2D eigenvalue weighted by molar-refractivity contribution is 6.33. The van der Waals surface area contributed by atoms with E-state index in [9.17, 15) is 58.6 Å². The second-order valence-electron chi connectivity index (χ2n) is 18.7. The summed E-state index contributed by atoms with van der Waals surface area (Å²) in [6.45, 7) is 5.38. The monoisotopic (exact) mass is 1110 g/mol. The molecule has 10 unspecified atom stereocenters. The lowest BCUT2D eigenvalue weighted by atomic mass is 9.96. The van der Waals surface area contributed by atoms with Crippen LogP contribution in [-0.4, -0.2) is 158 Å². The second-order valence-corrected chi connectivity index (χ2v) is 19.4.